The van der Waals surface area contributed by atoms with Crippen LogP contribution >= 0.6 is 11.6 Å². The highest BCUT2D eigenvalue weighted by atomic mass is 35.5. The van der Waals surface area contributed by atoms with Crippen LogP contribution in [0, 0.1) is 5.92 Å². The Kier molecular flexibility index (Phi) is 3.16. The molecule has 1 aromatic rings. The van der Waals surface area contributed by atoms with E-state index in [-0.39, 0.29) is 17.3 Å². The summed E-state index contributed by atoms with van der Waals surface area (Å²) in [5, 5.41) is 9.85. The molecule has 0 bridgehead atoms. The first-order valence-corrected chi connectivity index (χ1v) is 5.66. The molecule has 16 heavy (non-hydrogen) atoms. The molecule has 2 heterocycles. The number of rotatable bonds is 1. The molecule has 0 saturated carbocycles. The molecule has 88 valence electrons. The second-order valence-electron chi connectivity index (χ2n) is 4.20. The second-order valence-corrected chi connectivity index (χ2v) is 4.54. The zero-order valence-corrected chi connectivity index (χ0v) is 9.85. The molecule has 3 N–H and O–H groups in total. The fraction of sp³-hybridized carbons (Fsp3) is 0.600. The summed E-state index contributed by atoms with van der Waals surface area (Å²) in [5.74, 6) is 0.876. The van der Waals surface area contributed by atoms with Crippen molar-refractivity contribution in [1.82, 2.24) is 9.97 Å². The van der Waals surface area contributed by atoms with E-state index < -0.39 is 0 Å². The normalized spacial score (nSPS) is 25.8. The Morgan fingerprint density at radius 2 is 2.38 bits per heavy atom. The molecule has 0 amide bonds. The summed E-state index contributed by atoms with van der Waals surface area (Å²) < 4.78 is 0. The van der Waals surface area contributed by atoms with Crippen LogP contribution in [0.15, 0.2) is 6.20 Å². The van der Waals surface area contributed by atoms with Gasteiger partial charge in [-0.1, -0.05) is 6.92 Å². The molecule has 5 nitrogen and oxygen atoms in total. The molecule has 2 atom stereocenters. The van der Waals surface area contributed by atoms with Gasteiger partial charge in [-0.25, -0.2) is 4.98 Å². The molecular weight excluding hydrogens is 228 g/mol. The molecule has 2 unspecified atom stereocenters. The fourth-order valence-corrected chi connectivity index (χ4v) is 2.07. The van der Waals surface area contributed by atoms with Crippen LogP contribution in [0.4, 0.5) is 11.5 Å². The molecule has 1 aliphatic rings. The number of aliphatic hydroxyl groups is 1. The molecule has 1 aliphatic heterocycles. The number of piperidine rings is 1. The Morgan fingerprint density at radius 3 is 3.06 bits per heavy atom. The van der Waals surface area contributed by atoms with E-state index in [2.05, 4.69) is 9.97 Å². The Morgan fingerprint density at radius 1 is 1.62 bits per heavy atom. The minimum absolute atomic E-state index is 0.197. The van der Waals surface area contributed by atoms with Crippen LogP contribution in [0.1, 0.15) is 13.3 Å². The van der Waals surface area contributed by atoms with Crippen LogP contribution in [-0.2, 0) is 0 Å². The lowest BCUT2D eigenvalue weighted by molar-refractivity contribution is 0.0969. The third-order valence-corrected chi connectivity index (χ3v) is 3.11. The van der Waals surface area contributed by atoms with Gasteiger partial charge in [-0.15, -0.1) is 0 Å². The van der Waals surface area contributed by atoms with E-state index in [0.29, 0.717) is 11.5 Å². The van der Waals surface area contributed by atoms with Crippen molar-refractivity contribution >= 4 is 23.1 Å². The number of aliphatic hydroxyl groups excluding tert-OH is 1. The van der Waals surface area contributed by atoms with E-state index >= 15 is 0 Å². The lowest BCUT2D eigenvalue weighted by Crippen LogP contribution is -2.42. The topological polar surface area (TPSA) is 75.3 Å². The van der Waals surface area contributed by atoms with Gasteiger partial charge in [0.2, 0.25) is 5.28 Å². The van der Waals surface area contributed by atoms with E-state index in [1.54, 1.807) is 0 Å². The average molecular weight is 243 g/mol. The van der Waals surface area contributed by atoms with Gasteiger partial charge in [0.05, 0.1) is 18.0 Å². The van der Waals surface area contributed by atoms with Crippen molar-refractivity contribution in [2.75, 3.05) is 23.7 Å². The summed E-state index contributed by atoms with van der Waals surface area (Å²) >= 11 is 5.75. The maximum Gasteiger partial charge on any atom is 0.224 e. The van der Waals surface area contributed by atoms with Crippen molar-refractivity contribution < 1.29 is 5.11 Å². The third-order valence-electron chi connectivity index (χ3n) is 2.93. The van der Waals surface area contributed by atoms with Crippen LogP contribution in [-0.4, -0.2) is 34.3 Å². The molecule has 1 fully saturated rings. The number of halogens is 1. The smallest absolute Gasteiger partial charge is 0.224 e. The van der Waals surface area contributed by atoms with Gasteiger partial charge in [-0.05, 0) is 23.9 Å². The Labute approximate surface area is 99.3 Å². The number of anilines is 2. The van der Waals surface area contributed by atoms with Gasteiger partial charge < -0.3 is 15.7 Å². The van der Waals surface area contributed by atoms with E-state index in [9.17, 15) is 5.11 Å². The standard InChI is InChI=1S/C10H15ClN4O/c1-6-5-15(3-2-8(6)16)9-7(12)4-13-10(11)14-9/h4,6,8,16H,2-3,5,12H2,1H3. The predicted octanol–water partition coefficient (Wildman–Crippen LogP) is 0.919. The number of nitrogens with zero attached hydrogens (tertiary/aromatic N) is 3. The van der Waals surface area contributed by atoms with Crippen LogP contribution in [0.5, 0.6) is 0 Å². The number of hydrogen-bond donors (Lipinski definition) is 2. The first-order valence-electron chi connectivity index (χ1n) is 5.29. The summed E-state index contributed by atoms with van der Waals surface area (Å²) in [6, 6.07) is 0. The summed E-state index contributed by atoms with van der Waals surface area (Å²) in [6.45, 7) is 3.48. The molecule has 1 saturated heterocycles. The fourth-order valence-electron chi connectivity index (χ4n) is 1.94. The van der Waals surface area contributed by atoms with E-state index in [0.717, 1.165) is 19.5 Å². The Hall–Kier alpha value is -1.07. The highest BCUT2D eigenvalue weighted by Crippen LogP contribution is 2.26. The van der Waals surface area contributed by atoms with Crippen molar-refractivity contribution in [1.29, 1.82) is 0 Å². The van der Waals surface area contributed by atoms with E-state index in [4.69, 9.17) is 17.3 Å². The largest absolute Gasteiger partial charge is 0.394 e. The van der Waals surface area contributed by atoms with Crippen LogP contribution in [0.3, 0.4) is 0 Å². The molecular formula is C10H15ClN4O. The van der Waals surface area contributed by atoms with Crippen molar-refractivity contribution in [3.63, 3.8) is 0 Å². The first kappa shape index (κ1) is 11.4. The highest BCUT2D eigenvalue weighted by Gasteiger charge is 2.26. The maximum atomic E-state index is 9.65. The summed E-state index contributed by atoms with van der Waals surface area (Å²) in [7, 11) is 0. The molecule has 2 rings (SSSR count). The zero-order chi connectivity index (χ0) is 11.7. The van der Waals surface area contributed by atoms with E-state index in [1.807, 2.05) is 11.8 Å². The first-order chi connectivity index (χ1) is 7.58. The zero-order valence-electron chi connectivity index (χ0n) is 9.10. The van der Waals surface area contributed by atoms with Crippen molar-refractivity contribution in [3.8, 4) is 0 Å². The molecule has 0 aliphatic carbocycles. The van der Waals surface area contributed by atoms with E-state index in [1.165, 1.54) is 6.20 Å². The number of nitrogen functional groups attached to an aromatic ring is 1. The van der Waals surface area contributed by atoms with Crippen LogP contribution in [0.25, 0.3) is 0 Å². The average Bonchev–Trinajstić information content (AvgIpc) is 2.26. The van der Waals surface area contributed by atoms with Gasteiger partial charge in [-0.2, -0.15) is 4.98 Å². The summed E-state index contributed by atoms with van der Waals surface area (Å²) in [6.07, 6.45) is 2.00. The monoisotopic (exact) mass is 242 g/mol. The van der Waals surface area contributed by atoms with Gasteiger partial charge in [0.25, 0.3) is 0 Å². The van der Waals surface area contributed by atoms with Gasteiger partial charge in [0.1, 0.15) is 0 Å². The second kappa shape index (κ2) is 4.43. The summed E-state index contributed by atoms with van der Waals surface area (Å²) in [4.78, 5) is 9.99. The highest BCUT2D eigenvalue weighted by molar-refractivity contribution is 6.28. The van der Waals surface area contributed by atoms with Gasteiger partial charge >= 0.3 is 0 Å². The Balaban J connectivity index is 2.21. The molecule has 1 aromatic heterocycles. The van der Waals surface area contributed by atoms with Crippen molar-refractivity contribution in [2.24, 2.45) is 5.92 Å². The molecule has 0 spiro atoms. The SMILES string of the molecule is CC1CN(c2nc(Cl)ncc2N)CCC1O. The van der Waals surface area contributed by atoms with Gasteiger partial charge in [0.15, 0.2) is 5.82 Å². The minimum atomic E-state index is -0.241. The van der Waals surface area contributed by atoms with Crippen LogP contribution < -0.4 is 10.6 Å². The molecule has 0 radical (unpaired) electrons. The van der Waals surface area contributed by atoms with Gasteiger partial charge in [-0.3, -0.25) is 0 Å². The number of nitrogens with two attached hydrogens (primary N) is 1. The van der Waals surface area contributed by atoms with Crippen molar-refractivity contribution in [3.05, 3.63) is 11.5 Å². The van der Waals surface area contributed by atoms with Crippen molar-refractivity contribution in [2.45, 2.75) is 19.4 Å². The number of hydrogen-bond acceptors (Lipinski definition) is 5. The lowest BCUT2D eigenvalue weighted by Gasteiger charge is -2.35. The minimum Gasteiger partial charge on any atom is -0.394 e. The quantitative estimate of drug-likeness (QED) is 0.717. The molecule has 0 aromatic carbocycles. The predicted molar refractivity (Wildman–Crippen MR) is 63.5 cm³/mol. The molecule has 6 heteroatoms. The number of aromatic nitrogens is 2. The Bertz CT molecular complexity index is 387. The maximum absolute atomic E-state index is 9.65. The lowest BCUT2D eigenvalue weighted by atomic mass is 9.97. The summed E-state index contributed by atoms with van der Waals surface area (Å²) in [5.41, 5.74) is 6.33. The van der Waals surface area contributed by atoms with Gasteiger partial charge in [0, 0.05) is 13.1 Å². The third kappa shape index (κ3) is 2.20. The van der Waals surface area contributed by atoms with Crippen LogP contribution in [0.2, 0.25) is 5.28 Å².